The Balaban J connectivity index is 2.02. The van der Waals surface area contributed by atoms with E-state index in [0.717, 1.165) is 16.8 Å². The Morgan fingerprint density at radius 2 is 1.79 bits per heavy atom. The van der Waals surface area contributed by atoms with E-state index in [2.05, 4.69) is 5.32 Å². The molecule has 2 aromatic carbocycles. The molecular formula is C15H15Cl2NO. The van der Waals surface area contributed by atoms with Crippen LogP contribution in [0.25, 0.3) is 0 Å². The minimum Gasteiger partial charge on any atom is -0.387 e. The van der Waals surface area contributed by atoms with Crippen molar-refractivity contribution < 1.29 is 5.11 Å². The van der Waals surface area contributed by atoms with Crippen molar-refractivity contribution in [3.8, 4) is 0 Å². The zero-order valence-electron chi connectivity index (χ0n) is 10.5. The topological polar surface area (TPSA) is 32.3 Å². The third kappa shape index (κ3) is 3.87. The van der Waals surface area contributed by atoms with E-state index in [1.807, 2.05) is 37.3 Å². The summed E-state index contributed by atoms with van der Waals surface area (Å²) in [6.45, 7) is 2.39. The third-order valence-electron chi connectivity index (χ3n) is 2.86. The second-order valence-electron chi connectivity index (χ2n) is 4.43. The summed E-state index contributed by atoms with van der Waals surface area (Å²) in [7, 11) is 0. The minimum atomic E-state index is -0.603. The van der Waals surface area contributed by atoms with Gasteiger partial charge in [-0.25, -0.2) is 0 Å². The van der Waals surface area contributed by atoms with Gasteiger partial charge in [-0.2, -0.15) is 0 Å². The summed E-state index contributed by atoms with van der Waals surface area (Å²) >= 11 is 11.9. The number of aryl methyl sites for hydroxylation is 1. The SMILES string of the molecule is Cc1ccc(Cl)c(NCC(O)c2ccc(Cl)cc2)c1. The summed E-state index contributed by atoms with van der Waals surface area (Å²) in [5.41, 5.74) is 2.77. The van der Waals surface area contributed by atoms with Gasteiger partial charge in [-0.05, 0) is 42.3 Å². The van der Waals surface area contributed by atoms with E-state index in [1.54, 1.807) is 12.1 Å². The third-order valence-corrected chi connectivity index (χ3v) is 3.44. The maximum Gasteiger partial charge on any atom is 0.0962 e. The molecule has 0 bridgehead atoms. The normalized spacial score (nSPS) is 12.2. The highest BCUT2D eigenvalue weighted by molar-refractivity contribution is 6.33. The molecule has 0 aromatic heterocycles. The van der Waals surface area contributed by atoms with Crippen LogP contribution in [0.5, 0.6) is 0 Å². The fourth-order valence-electron chi connectivity index (χ4n) is 1.78. The fraction of sp³-hybridized carbons (Fsp3) is 0.200. The molecule has 0 aliphatic heterocycles. The Bertz CT molecular complexity index is 555. The molecule has 19 heavy (non-hydrogen) atoms. The van der Waals surface area contributed by atoms with E-state index in [9.17, 15) is 5.11 Å². The first-order valence-corrected chi connectivity index (χ1v) is 6.75. The van der Waals surface area contributed by atoms with Gasteiger partial charge in [-0.15, -0.1) is 0 Å². The van der Waals surface area contributed by atoms with Crippen molar-refractivity contribution >= 4 is 28.9 Å². The van der Waals surface area contributed by atoms with E-state index in [0.29, 0.717) is 16.6 Å². The molecule has 1 unspecified atom stereocenters. The van der Waals surface area contributed by atoms with Gasteiger partial charge < -0.3 is 10.4 Å². The van der Waals surface area contributed by atoms with Crippen molar-refractivity contribution in [3.63, 3.8) is 0 Å². The molecule has 0 radical (unpaired) electrons. The van der Waals surface area contributed by atoms with Crippen LogP contribution in [0.3, 0.4) is 0 Å². The second-order valence-corrected chi connectivity index (χ2v) is 5.28. The molecule has 0 saturated heterocycles. The Morgan fingerprint density at radius 3 is 2.47 bits per heavy atom. The van der Waals surface area contributed by atoms with Gasteiger partial charge in [0.15, 0.2) is 0 Å². The lowest BCUT2D eigenvalue weighted by molar-refractivity contribution is 0.191. The van der Waals surface area contributed by atoms with Gasteiger partial charge in [-0.3, -0.25) is 0 Å². The number of rotatable bonds is 4. The van der Waals surface area contributed by atoms with Crippen molar-refractivity contribution in [1.82, 2.24) is 0 Å². The van der Waals surface area contributed by atoms with Gasteiger partial charge in [0.2, 0.25) is 0 Å². The molecule has 4 heteroatoms. The van der Waals surface area contributed by atoms with Gasteiger partial charge >= 0.3 is 0 Å². The minimum absolute atomic E-state index is 0.394. The average molecular weight is 296 g/mol. The quantitative estimate of drug-likeness (QED) is 0.873. The number of halogens is 2. The van der Waals surface area contributed by atoms with Gasteiger partial charge in [0, 0.05) is 11.6 Å². The molecule has 0 heterocycles. The summed E-state index contributed by atoms with van der Waals surface area (Å²) in [5, 5.41) is 14.5. The maximum absolute atomic E-state index is 10.1. The predicted molar refractivity (Wildman–Crippen MR) is 81.1 cm³/mol. The summed E-state index contributed by atoms with van der Waals surface area (Å²) in [4.78, 5) is 0. The molecule has 1 atom stereocenters. The molecule has 2 N–H and O–H groups in total. The summed E-state index contributed by atoms with van der Waals surface area (Å²) in [5.74, 6) is 0. The van der Waals surface area contributed by atoms with Crippen molar-refractivity contribution in [3.05, 3.63) is 63.6 Å². The van der Waals surface area contributed by atoms with Crippen molar-refractivity contribution in [2.24, 2.45) is 0 Å². The first-order valence-electron chi connectivity index (χ1n) is 6.00. The van der Waals surface area contributed by atoms with Gasteiger partial charge in [0.1, 0.15) is 0 Å². The summed E-state index contributed by atoms with van der Waals surface area (Å²) in [6.07, 6.45) is -0.603. The van der Waals surface area contributed by atoms with E-state index in [1.165, 1.54) is 0 Å². The molecular weight excluding hydrogens is 281 g/mol. The smallest absolute Gasteiger partial charge is 0.0962 e. The van der Waals surface area contributed by atoms with Crippen LogP contribution in [0, 0.1) is 6.92 Å². The number of nitrogens with one attached hydrogen (secondary N) is 1. The van der Waals surface area contributed by atoms with Crippen LogP contribution in [0.15, 0.2) is 42.5 Å². The zero-order chi connectivity index (χ0) is 13.8. The van der Waals surface area contributed by atoms with Gasteiger partial charge in [0.25, 0.3) is 0 Å². The van der Waals surface area contributed by atoms with Crippen LogP contribution >= 0.6 is 23.2 Å². The van der Waals surface area contributed by atoms with Crippen LogP contribution in [-0.4, -0.2) is 11.7 Å². The first kappa shape index (κ1) is 14.2. The highest BCUT2D eigenvalue weighted by Gasteiger charge is 2.08. The molecule has 0 amide bonds. The van der Waals surface area contributed by atoms with E-state index < -0.39 is 6.10 Å². The molecule has 2 nitrogen and oxygen atoms in total. The number of aliphatic hydroxyl groups excluding tert-OH is 1. The predicted octanol–water partition coefficient (Wildman–Crippen LogP) is 4.45. The molecule has 2 aromatic rings. The summed E-state index contributed by atoms with van der Waals surface area (Å²) in [6, 6.07) is 12.9. The lowest BCUT2D eigenvalue weighted by atomic mass is 10.1. The number of aliphatic hydroxyl groups is 1. The van der Waals surface area contributed by atoms with Crippen molar-refractivity contribution in [2.45, 2.75) is 13.0 Å². The standard InChI is InChI=1S/C15H15Cl2NO/c1-10-2-7-13(17)14(8-10)18-9-15(19)11-3-5-12(16)6-4-11/h2-8,15,18-19H,9H2,1H3. The Kier molecular flexibility index (Phi) is 4.70. The maximum atomic E-state index is 10.1. The average Bonchev–Trinajstić information content (AvgIpc) is 2.40. The van der Waals surface area contributed by atoms with E-state index in [-0.39, 0.29) is 0 Å². The lowest BCUT2D eigenvalue weighted by Crippen LogP contribution is -2.12. The number of hydrogen-bond acceptors (Lipinski definition) is 2. The number of hydrogen-bond donors (Lipinski definition) is 2. The molecule has 0 aliphatic carbocycles. The number of benzene rings is 2. The molecule has 0 aliphatic rings. The number of anilines is 1. The molecule has 0 saturated carbocycles. The Morgan fingerprint density at radius 1 is 1.11 bits per heavy atom. The van der Waals surface area contributed by atoms with Crippen LogP contribution in [0.4, 0.5) is 5.69 Å². The van der Waals surface area contributed by atoms with Gasteiger partial charge in [0.05, 0.1) is 16.8 Å². The highest BCUT2D eigenvalue weighted by Crippen LogP contribution is 2.24. The zero-order valence-corrected chi connectivity index (χ0v) is 12.0. The van der Waals surface area contributed by atoms with Gasteiger partial charge in [-0.1, -0.05) is 41.4 Å². The molecule has 100 valence electrons. The second kappa shape index (κ2) is 6.29. The lowest BCUT2D eigenvalue weighted by Gasteiger charge is -2.14. The van der Waals surface area contributed by atoms with Crippen LogP contribution in [0.1, 0.15) is 17.2 Å². The van der Waals surface area contributed by atoms with Crippen LogP contribution in [0.2, 0.25) is 10.0 Å². The van der Waals surface area contributed by atoms with Crippen molar-refractivity contribution in [2.75, 3.05) is 11.9 Å². The summed E-state index contributed by atoms with van der Waals surface area (Å²) < 4.78 is 0. The van der Waals surface area contributed by atoms with Crippen LogP contribution < -0.4 is 5.32 Å². The molecule has 0 fully saturated rings. The molecule has 0 spiro atoms. The Hall–Kier alpha value is -1.22. The monoisotopic (exact) mass is 295 g/mol. The first-order chi connectivity index (χ1) is 9.06. The van der Waals surface area contributed by atoms with E-state index in [4.69, 9.17) is 23.2 Å². The fourth-order valence-corrected chi connectivity index (χ4v) is 2.09. The largest absolute Gasteiger partial charge is 0.387 e. The van der Waals surface area contributed by atoms with Crippen LogP contribution in [-0.2, 0) is 0 Å². The Labute approximate surface area is 123 Å². The molecule has 2 rings (SSSR count). The van der Waals surface area contributed by atoms with E-state index >= 15 is 0 Å². The highest BCUT2D eigenvalue weighted by atomic mass is 35.5. The van der Waals surface area contributed by atoms with Crippen molar-refractivity contribution in [1.29, 1.82) is 0 Å².